The fourth-order valence-corrected chi connectivity index (χ4v) is 5.46. The summed E-state index contributed by atoms with van der Waals surface area (Å²) in [5, 5.41) is 1.08. The van der Waals surface area contributed by atoms with E-state index in [2.05, 4.69) is 43.0 Å². The smallest absolute Gasteiger partial charge is 0.266 e. The Balaban J connectivity index is 1.53. The highest BCUT2D eigenvalue weighted by molar-refractivity contribution is 8.26. The zero-order valence-electron chi connectivity index (χ0n) is 18.2. The third-order valence-electron chi connectivity index (χ3n) is 6.12. The van der Waals surface area contributed by atoms with Crippen LogP contribution in [0.2, 0.25) is 0 Å². The summed E-state index contributed by atoms with van der Waals surface area (Å²) in [6.45, 7) is 6.69. The van der Waals surface area contributed by atoms with Crippen LogP contribution in [-0.2, 0) is 11.3 Å². The normalized spacial score (nSPS) is 19.0. The van der Waals surface area contributed by atoms with E-state index in [4.69, 9.17) is 21.6 Å². The molecule has 0 aliphatic carbocycles. The minimum absolute atomic E-state index is 0.0843. The van der Waals surface area contributed by atoms with Gasteiger partial charge in [0.05, 0.1) is 23.2 Å². The van der Waals surface area contributed by atoms with Crippen LogP contribution in [0, 0.1) is 12.8 Å². The Labute approximate surface area is 197 Å². The number of pyridine rings is 1. The molecule has 0 saturated carbocycles. The Bertz CT molecular complexity index is 1210. The van der Waals surface area contributed by atoms with Crippen LogP contribution in [0.25, 0.3) is 17.0 Å². The Morgan fingerprint density at radius 3 is 2.81 bits per heavy atom. The number of thiocarbonyl (C=S) groups is 1. The molecule has 2 fully saturated rings. The van der Waals surface area contributed by atoms with E-state index in [1.165, 1.54) is 17.3 Å². The van der Waals surface area contributed by atoms with Crippen molar-refractivity contribution in [3.8, 4) is 0 Å². The Kier molecular flexibility index (Phi) is 5.78. The average molecular weight is 464 g/mol. The molecule has 2 aromatic heterocycles. The molecule has 1 aromatic carbocycles. The van der Waals surface area contributed by atoms with Crippen molar-refractivity contribution >= 4 is 57.0 Å². The first-order valence-electron chi connectivity index (χ1n) is 10.9. The van der Waals surface area contributed by atoms with Crippen molar-refractivity contribution in [2.24, 2.45) is 5.92 Å². The van der Waals surface area contributed by atoms with E-state index in [-0.39, 0.29) is 5.91 Å². The first-order chi connectivity index (χ1) is 15.5. The number of carbonyl (C=O) groups is 1. The van der Waals surface area contributed by atoms with Crippen molar-refractivity contribution in [3.05, 3.63) is 64.5 Å². The molecular weight excluding hydrogens is 438 g/mol. The molecule has 5 rings (SSSR count). The highest BCUT2D eigenvalue weighted by Crippen LogP contribution is 2.36. The summed E-state index contributed by atoms with van der Waals surface area (Å²) in [6, 6.07) is 12.1. The number of aromatic nitrogens is 1. The lowest BCUT2D eigenvalue weighted by Crippen LogP contribution is -2.34. The zero-order chi connectivity index (χ0) is 22.2. The largest absolute Gasteiger partial charge is 0.467 e. The number of carbonyl (C=O) groups excluding carboxylic acids is 1. The van der Waals surface area contributed by atoms with Gasteiger partial charge in [0, 0.05) is 24.0 Å². The summed E-state index contributed by atoms with van der Waals surface area (Å²) in [5.41, 5.74) is 3.14. The molecule has 3 aromatic rings. The van der Waals surface area contributed by atoms with Crippen LogP contribution in [0.4, 0.5) is 5.82 Å². The maximum atomic E-state index is 13.2. The van der Waals surface area contributed by atoms with Gasteiger partial charge in [0.25, 0.3) is 5.91 Å². The molecule has 5 nitrogen and oxygen atoms in total. The number of aryl methyl sites for hydroxylation is 1. The fourth-order valence-electron chi connectivity index (χ4n) is 4.22. The van der Waals surface area contributed by atoms with Gasteiger partial charge in [-0.05, 0) is 62.1 Å². The van der Waals surface area contributed by atoms with Crippen molar-refractivity contribution < 1.29 is 9.21 Å². The summed E-state index contributed by atoms with van der Waals surface area (Å²) in [4.78, 5) is 22.8. The van der Waals surface area contributed by atoms with Crippen LogP contribution >= 0.6 is 24.0 Å². The fraction of sp³-hybridized carbons (Fsp3) is 0.320. The van der Waals surface area contributed by atoms with E-state index < -0.39 is 0 Å². The number of furan rings is 1. The van der Waals surface area contributed by atoms with Crippen LogP contribution in [0.3, 0.4) is 0 Å². The number of anilines is 1. The average Bonchev–Trinajstić information content (AvgIpc) is 3.38. The van der Waals surface area contributed by atoms with Crippen LogP contribution in [-0.4, -0.2) is 33.2 Å². The van der Waals surface area contributed by atoms with Crippen molar-refractivity contribution in [2.45, 2.75) is 33.2 Å². The minimum atomic E-state index is -0.0843. The molecule has 0 unspecified atom stereocenters. The number of hydrogen-bond donors (Lipinski definition) is 0. The highest BCUT2D eigenvalue weighted by Gasteiger charge is 2.33. The second kappa shape index (κ2) is 8.71. The predicted molar refractivity (Wildman–Crippen MR) is 135 cm³/mol. The topological polar surface area (TPSA) is 49.6 Å². The summed E-state index contributed by atoms with van der Waals surface area (Å²) in [5.74, 6) is 2.31. The number of rotatable bonds is 4. The lowest BCUT2D eigenvalue weighted by atomic mass is 9.98. The highest BCUT2D eigenvalue weighted by atomic mass is 32.2. The number of hydrogen-bond acceptors (Lipinski definition) is 6. The van der Waals surface area contributed by atoms with Gasteiger partial charge in [-0.1, -0.05) is 42.5 Å². The lowest BCUT2D eigenvalue weighted by molar-refractivity contribution is -0.122. The molecule has 0 radical (unpaired) electrons. The van der Waals surface area contributed by atoms with Crippen molar-refractivity contribution in [3.63, 3.8) is 0 Å². The molecule has 1 amide bonds. The molecule has 0 bridgehead atoms. The van der Waals surface area contributed by atoms with Gasteiger partial charge >= 0.3 is 0 Å². The molecule has 0 atom stereocenters. The maximum Gasteiger partial charge on any atom is 0.266 e. The van der Waals surface area contributed by atoms with Crippen LogP contribution < -0.4 is 4.90 Å². The molecular formula is C25H25N3O2S2. The van der Waals surface area contributed by atoms with E-state index in [1.807, 2.05) is 18.2 Å². The first-order valence-corrected chi connectivity index (χ1v) is 12.1. The Hall–Kier alpha value is -2.64. The third-order valence-corrected chi connectivity index (χ3v) is 7.49. The van der Waals surface area contributed by atoms with Gasteiger partial charge in [0.1, 0.15) is 15.9 Å². The number of benzene rings is 1. The standard InChI is InChI=1S/C25H25N3O2S2/c1-16-7-9-27(10-8-16)23-19(13-18-12-17(2)5-6-21(18)26-23)14-22-24(29)28(25(31)32-22)15-20-4-3-11-30-20/h3-6,11-14,16H,7-10,15H2,1-2H3/b22-14-. The zero-order valence-corrected chi connectivity index (χ0v) is 19.8. The minimum Gasteiger partial charge on any atom is -0.467 e. The Morgan fingerprint density at radius 1 is 1.25 bits per heavy atom. The molecule has 0 N–H and O–H groups in total. The van der Waals surface area contributed by atoms with Crippen LogP contribution in [0.5, 0.6) is 0 Å². The van der Waals surface area contributed by atoms with Gasteiger partial charge in [-0.2, -0.15) is 0 Å². The molecule has 2 saturated heterocycles. The quantitative estimate of drug-likeness (QED) is 0.361. The van der Waals surface area contributed by atoms with E-state index in [1.54, 1.807) is 11.2 Å². The first kappa shape index (κ1) is 21.2. The molecule has 32 heavy (non-hydrogen) atoms. The van der Waals surface area contributed by atoms with Crippen molar-refractivity contribution in [2.75, 3.05) is 18.0 Å². The summed E-state index contributed by atoms with van der Waals surface area (Å²) in [7, 11) is 0. The number of thioether (sulfide) groups is 1. The van der Waals surface area contributed by atoms with Gasteiger partial charge in [0.15, 0.2) is 0 Å². The second-order valence-corrected chi connectivity index (χ2v) is 10.3. The van der Waals surface area contributed by atoms with Crippen molar-refractivity contribution in [1.82, 2.24) is 9.88 Å². The summed E-state index contributed by atoms with van der Waals surface area (Å²) in [6.07, 6.45) is 5.87. The molecule has 2 aliphatic rings. The van der Waals surface area contributed by atoms with Gasteiger partial charge < -0.3 is 9.32 Å². The number of nitrogens with zero attached hydrogens (tertiary/aromatic N) is 3. The van der Waals surface area contributed by atoms with Gasteiger partial charge in [-0.3, -0.25) is 9.69 Å². The van der Waals surface area contributed by atoms with Gasteiger partial charge in [0.2, 0.25) is 0 Å². The molecule has 2 aliphatic heterocycles. The molecule has 7 heteroatoms. The third kappa shape index (κ3) is 4.19. The van der Waals surface area contributed by atoms with E-state index in [0.717, 1.165) is 54.1 Å². The summed E-state index contributed by atoms with van der Waals surface area (Å²) >= 11 is 6.85. The second-order valence-electron chi connectivity index (χ2n) is 8.61. The number of piperidine rings is 1. The monoisotopic (exact) mass is 463 g/mol. The lowest BCUT2D eigenvalue weighted by Gasteiger charge is -2.32. The van der Waals surface area contributed by atoms with Crippen LogP contribution in [0.15, 0.2) is 52.0 Å². The SMILES string of the molecule is Cc1ccc2nc(N3CCC(C)CC3)c(/C=C3\SC(=S)N(Cc4ccco4)C3=O)cc2c1. The van der Waals surface area contributed by atoms with Crippen molar-refractivity contribution in [1.29, 1.82) is 0 Å². The summed E-state index contributed by atoms with van der Waals surface area (Å²) < 4.78 is 5.96. The van der Waals surface area contributed by atoms with Gasteiger partial charge in [-0.25, -0.2) is 4.98 Å². The number of fused-ring (bicyclic) bond motifs is 1. The van der Waals surface area contributed by atoms with Gasteiger partial charge in [-0.15, -0.1) is 0 Å². The van der Waals surface area contributed by atoms with Crippen LogP contribution in [0.1, 0.15) is 36.7 Å². The van der Waals surface area contributed by atoms with E-state index in [0.29, 0.717) is 21.5 Å². The van der Waals surface area contributed by atoms with E-state index in [9.17, 15) is 4.79 Å². The maximum absolute atomic E-state index is 13.2. The Morgan fingerprint density at radius 2 is 2.06 bits per heavy atom. The van der Waals surface area contributed by atoms with E-state index >= 15 is 0 Å². The molecule has 0 spiro atoms. The predicted octanol–water partition coefficient (Wildman–Crippen LogP) is 5.77. The number of amides is 1. The molecule has 164 valence electrons. The molecule has 4 heterocycles.